The van der Waals surface area contributed by atoms with Gasteiger partial charge < -0.3 is 14.6 Å². The van der Waals surface area contributed by atoms with Crippen LogP contribution in [0.4, 0.5) is 0 Å². The van der Waals surface area contributed by atoms with Gasteiger partial charge in [-0.1, -0.05) is 20.8 Å². The number of carbonyl (C=O) groups excluding carboxylic acids is 3. The molecule has 1 aliphatic heterocycles. The molecule has 0 bridgehead atoms. The van der Waals surface area contributed by atoms with Crippen molar-refractivity contribution in [1.82, 2.24) is 0 Å². The first-order valence-corrected chi connectivity index (χ1v) is 11.8. The maximum absolute atomic E-state index is 14.0. The Labute approximate surface area is 183 Å². The van der Waals surface area contributed by atoms with Crippen LogP contribution in [-0.2, 0) is 23.9 Å². The number of carboxylic acid groups (broad SMARTS) is 1. The second-order valence-electron chi connectivity index (χ2n) is 12.1. The van der Waals surface area contributed by atoms with E-state index in [9.17, 15) is 24.3 Å². The minimum absolute atomic E-state index is 0.0244. The Hall–Kier alpha value is -1.56. The standard InChI is InChI=1S/C25H34O6/c1-13(20(29)30)14-8-9-23(5)18-17(28)19-25(31-19)15(6-7-16(27)21(25,2)3)24(18,12-26)11-10-22(14,23)4/h12-15,18-19H,6-11H2,1-5H3,(H,29,30)/t13-,14+,15?,18?,19+,22+,23-,24+,25+/m0/s1. The first kappa shape index (κ1) is 21.3. The number of hydrogen-bond acceptors (Lipinski definition) is 5. The van der Waals surface area contributed by atoms with Gasteiger partial charge in [0.05, 0.1) is 11.3 Å². The predicted molar refractivity (Wildman–Crippen MR) is 111 cm³/mol. The van der Waals surface area contributed by atoms with Gasteiger partial charge in [0, 0.05) is 23.7 Å². The first-order chi connectivity index (χ1) is 14.3. The summed E-state index contributed by atoms with van der Waals surface area (Å²) in [7, 11) is 0. The molecule has 4 saturated carbocycles. The van der Waals surface area contributed by atoms with E-state index in [0.29, 0.717) is 19.3 Å². The molecule has 0 aromatic carbocycles. The number of carboxylic acids is 1. The summed E-state index contributed by atoms with van der Waals surface area (Å²) in [5.41, 5.74) is -3.26. The van der Waals surface area contributed by atoms with Crippen molar-refractivity contribution in [3.8, 4) is 0 Å². The molecule has 4 aliphatic carbocycles. The lowest BCUT2D eigenvalue weighted by Crippen LogP contribution is -2.69. The minimum atomic E-state index is -0.854. The van der Waals surface area contributed by atoms with Gasteiger partial charge >= 0.3 is 5.97 Å². The number of fused-ring (bicyclic) bond motifs is 4. The van der Waals surface area contributed by atoms with Crippen molar-refractivity contribution < 1.29 is 29.0 Å². The van der Waals surface area contributed by atoms with Crippen molar-refractivity contribution in [1.29, 1.82) is 0 Å². The van der Waals surface area contributed by atoms with Gasteiger partial charge in [0.2, 0.25) is 0 Å². The first-order valence-electron chi connectivity index (χ1n) is 11.8. The molecule has 6 heteroatoms. The highest BCUT2D eigenvalue weighted by atomic mass is 16.6. The third kappa shape index (κ3) is 2.05. The molecule has 0 aromatic heterocycles. The molecule has 5 aliphatic rings. The molecule has 1 N–H and O–H groups in total. The molecule has 0 aromatic rings. The van der Waals surface area contributed by atoms with E-state index in [0.717, 1.165) is 25.5 Å². The Morgan fingerprint density at radius 1 is 1.10 bits per heavy atom. The third-order valence-corrected chi connectivity index (χ3v) is 11.3. The van der Waals surface area contributed by atoms with E-state index in [1.807, 2.05) is 13.8 Å². The molecule has 9 atom stereocenters. The summed E-state index contributed by atoms with van der Waals surface area (Å²) in [5, 5.41) is 9.72. The number of Topliss-reactive ketones (excluding diaryl/α,β-unsaturated/α-hetero) is 2. The van der Waals surface area contributed by atoms with Gasteiger partial charge in [0.25, 0.3) is 0 Å². The van der Waals surface area contributed by atoms with E-state index in [-0.39, 0.29) is 28.8 Å². The van der Waals surface area contributed by atoms with E-state index in [2.05, 4.69) is 13.8 Å². The molecule has 170 valence electrons. The van der Waals surface area contributed by atoms with E-state index >= 15 is 0 Å². The maximum Gasteiger partial charge on any atom is 0.306 e. The molecule has 31 heavy (non-hydrogen) atoms. The summed E-state index contributed by atoms with van der Waals surface area (Å²) in [5.74, 6) is -1.84. The van der Waals surface area contributed by atoms with E-state index in [1.54, 1.807) is 6.92 Å². The van der Waals surface area contributed by atoms with E-state index < -0.39 is 45.8 Å². The van der Waals surface area contributed by atoms with Crippen LogP contribution in [0.25, 0.3) is 0 Å². The summed E-state index contributed by atoms with van der Waals surface area (Å²) in [4.78, 5) is 51.6. The second kappa shape index (κ2) is 5.86. The number of aliphatic carboxylic acids is 1. The number of ketones is 2. The minimum Gasteiger partial charge on any atom is -0.481 e. The van der Waals surface area contributed by atoms with Crippen molar-refractivity contribution in [2.45, 2.75) is 84.8 Å². The molecule has 5 rings (SSSR count). The number of epoxide rings is 1. The molecule has 1 saturated heterocycles. The van der Waals surface area contributed by atoms with Crippen LogP contribution in [0.1, 0.15) is 73.1 Å². The lowest BCUT2D eigenvalue weighted by Gasteiger charge is -2.64. The van der Waals surface area contributed by atoms with Gasteiger partial charge in [0.15, 0.2) is 5.78 Å². The fourth-order valence-electron chi connectivity index (χ4n) is 9.22. The quantitative estimate of drug-likeness (QED) is 0.544. The molecule has 1 heterocycles. The highest BCUT2D eigenvalue weighted by Gasteiger charge is 2.85. The van der Waals surface area contributed by atoms with Gasteiger partial charge in [-0.05, 0) is 62.7 Å². The second-order valence-corrected chi connectivity index (χ2v) is 12.1. The van der Waals surface area contributed by atoms with Gasteiger partial charge in [0.1, 0.15) is 23.8 Å². The smallest absolute Gasteiger partial charge is 0.306 e. The molecule has 5 fully saturated rings. The van der Waals surface area contributed by atoms with Crippen LogP contribution in [0.3, 0.4) is 0 Å². The Morgan fingerprint density at radius 3 is 2.39 bits per heavy atom. The zero-order chi connectivity index (χ0) is 22.8. The largest absolute Gasteiger partial charge is 0.481 e. The van der Waals surface area contributed by atoms with Crippen LogP contribution >= 0.6 is 0 Å². The average molecular weight is 431 g/mol. The van der Waals surface area contributed by atoms with Crippen LogP contribution in [-0.4, -0.2) is 40.6 Å². The maximum atomic E-state index is 14.0. The van der Waals surface area contributed by atoms with E-state index in [4.69, 9.17) is 4.74 Å². The van der Waals surface area contributed by atoms with Crippen LogP contribution in [0.5, 0.6) is 0 Å². The van der Waals surface area contributed by atoms with Crippen LogP contribution in [0.2, 0.25) is 0 Å². The van der Waals surface area contributed by atoms with Crippen molar-refractivity contribution in [3.05, 3.63) is 0 Å². The van der Waals surface area contributed by atoms with Crippen molar-refractivity contribution >= 4 is 23.8 Å². The van der Waals surface area contributed by atoms with Crippen molar-refractivity contribution in [2.75, 3.05) is 0 Å². The van der Waals surface area contributed by atoms with Gasteiger partial charge in [-0.25, -0.2) is 0 Å². The lowest BCUT2D eigenvalue weighted by molar-refractivity contribution is -0.187. The Kier molecular flexibility index (Phi) is 4.03. The molecule has 0 radical (unpaired) electrons. The van der Waals surface area contributed by atoms with Gasteiger partial charge in [-0.2, -0.15) is 0 Å². The summed E-state index contributed by atoms with van der Waals surface area (Å²) < 4.78 is 6.20. The Balaban J connectivity index is 1.64. The Morgan fingerprint density at radius 2 is 1.77 bits per heavy atom. The number of aldehydes is 1. The van der Waals surface area contributed by atoms with Crippen molar-refractivity contribution in [3.63, 3.8) is 0 Å². The molecular formula is C25H34O6. The normalized spacial score (nSPS) is 52.9. The average Bonchev–Trinajstić information content (AvgIpc) is 3.40. The highest BCUT2D eigenvalue weighted by molar-refractivity contribution is 5.99. The summed E-state index contributed by atoms with van der Waals surface area (Å²) >= 11 is 0. The summed E-state index contributed by atoms with van der Waals surface area (Å²) in [6.07, 6.45) is 4.20. The lowest BCUT2D eigenvalue weighted by atomic mass is 9.36. The topological polar surface area (TPSA) is 101 Å². The molecular weight excluding hydrogens is 396 g/mol. The monoisotopic (exact) mass is 430 g/mol. The zero-order valence-corrected chi connectivity index (χ0v) is 19.2. The van der Waals surface area contributed by atoms with E-state index in [1.165, 1.54) is 0 Å². The number of carbonyl (C=O) groups is 4. The summed E-state index contributed by atoms with van der Waals surface area (Å²) in [6.45, 7) is 9.80. The zero-order valence-electron chi connectivity index (χ0n) is 19.2. The van der Waals surface area contributed by atoms with Crippen LogP contribution in [0.15, 0.2) is 0 Å². The van der Waals surface area contributed by atoms with Crippen LogP contribution < -0.4 is 0 Å². The molecule has 0 amide bonds. The van der Waals surface area contributed by atoms with Gasteiger partial charge in [-0.3, -0.25) is 14.4 Å². The van der Waals surface area contributed by atoms with Gasteiger partial charge in [-0.15, -0.1) is 0 Å². The van der Waals surface area contributed by atoms with Crippen molar-refractivity contribution in [2.24, 2.45) is 45.3 Å². The fraction of sp³-hybridized carbons (Fsp3) is 0.840. The highest BCUT2D eigenvalue weighted by Crippen LogP contribution is 2.78. The molecule has 6 nitrogen and oxygen atoms in total. The predicted octanol–water partition coefficient (Wildman–Crippen LogP) is 3.45. The molecule has 2 unspecified atom stereocenters. The number of rotatable bonds is 3. The number of ether oxygens (including phenoxy) is 1. The SMILES string of the molecule is C[C@H](C(=O)O)[C@H]1CC[C@@]2(C)C3C(=O)[C@H]4O[C@]45C(CCC(=O)C5(C)C)[C@]3(C=O)CC[C@]12C. The van der Waals surface area contributed by atoms with Crippen LogP contribution in [0, 0.1) is 45.3 Å². The third-order valence-electron chi connectivity index (χ3n) is 11.3. The fourth-order valence-corrected chi connectivity index (χ4v) is 9.22. The molecule has 1 spiro atoms. The Bertz CT molecular complexity index is 908. The number of hydrogen-bond donors (Lipinski definition) is 1. The summed E-state index contributed by atoms with van der Waals surface area (Å²) in [6, 6.07) is 0.